The molecule has 0 bridgehead atoms. The number of nitrogens with one attached hydrogen (secondary N) is 1. The van der Waals surface area contributed by atoms with Gasteiger partial charge in [-0.15, -0.1) is 6.58 Å². The number of hydrogen-bond acceptors (Lipinski definition) is 2. The molecule has 0 saturated heterocycles. The predicted octanol–water partition coefficient (Wildman–Crippen LogP) is 4.31. The lowest BCUT2D eigenvalue weighted by atomic mass is 9.92. The minimum Gasteiger partial charge on any atom is -0.390 e. The highest BCUT2D eigenvalue weighted by atomic mass is 15.2. The summed E-state index contributed by atoms with van der Waals surface area (Å²) >= 11 is 0. The largest absolute Gasteiger partial charge is 0.390 e. The molecule has 2 nitrogen and oxygen atoms in total. The van der Waals surface area contributed by atoms with Gasteiger partial charge in [-0.2, -0.15) is 0 Å². The van der Waals surface area contributed by atoms with Gasteiger partial charge in [0.2, 0.25) is 0 Å². The summed E-state index contributed by atoms with van der Waals surface area (Å²) in [6, 6.07) is 0.296. The van der Waals surface area contributed by atoms with E-state index in [2.05, 4.69) is 43.0 Å². The fourth-order valence-electron chi connectivity index (χ4n) is 3.31. The molecule has 0 aromatic carbocycles. The van der Waals surface area contributed by atoms with E-state index in [-0.39, 0.29) is 0 Å². The Morgan fingerprint density at radius 2 is 2.24 bits per heavy atom. The van der Waals surface area contributed by atoms with Gasteiger partial charge in [-0.1, -0.05) is 37.8 Å². The minimum absolute atomic E-state index is 0.296. The van der Waals surface area contributed by atoms with Crippen LogP contribution in [0.25, 0.3) is 0 Å². The zero-order valence-corrected chi connectivity index (χ0v) is 13.5. The molecule has 1 N–H and O–H groups in total. The van der Waals surface area contributed by atoms with Gasteiger partial charge in [0, 0.05) is 25.0 Å². The van der Waals surface area contributed by atoms with E-state index in [9.17, 15) is 0 Å². The van der Waals surface area contributed by atoms with Crippen molar-refractivity contribution in [2.24, 2.45) is 0 Å². The molecule has 2 heteroatoms. The van der Waals surface area contributed by atoms with Gasteiger partial charge in [0.05, 0.1) is 6.04 Å². The Balaban J connectivity index is 2.19. The molecule has 2 aliphatic rings. The Kier molecular flexibility index (Phi) is 5.11. The van der Waals surface area contributed by atoms with E-state index in [0.717, 1.165) is 37.9 Å². The zero-order valence-electron chi connectivity index (χ0n) is 13.5. The van der Waals surface area contributed by atoms with Crippen molar-refractivity contribution in [3.05, 3.63) is 60.0 Å². The summed E-state index contributed by atoms with van der Waals surface area (Å²) in [5.41, 5.74) is 6.76. The molecule has 0 fully saturated rings. The molecule has 1 heterocycles. The third-order valence-corrected chi connectivity index (χ3v) is 4.70. The lowest BCUT2D eigenvalue weighted by Gasteiger charge is -2.32. The lowest BCUT2D eigenvalue weighted by molar-refractivity contribution is 0.305. The number of hydrogen-bond donors (Lipinski definition) is 1. The van der Waals surface area contributed by atoms with E-state index in [1.165, 1.54) is 23.3 Å². The van der Waals surface area contributed by atoms with Crippen molar-refractivity contribution in [3.63, 3.8) is 0 Å². The van der Waals surface area contributed by atoms with Gasteiger partial charge in [-0.05, 0) is 43.3 Å². The summed E-state index contributed by atoms with van der Waals surface area (Å²) in [6.45, 7) is 15.6. The Hall–Kier alpha value is -1.70. The summed E-state index contributed by atoms with van der Waals surface area (Å²) in [4.78, 5) is 2.42. The first kappa shape index (κ1) is 15.7. The summed E-state index contributed by atoms with van der Waals surface area (Å²) in [7, 11) is 1.95. The SMILES string of the molecule is C=CCCC(C(=C)NC)N1CC2=C(CCC(CC)=C2)C1=C. The van der Waals surface area contributed by atoms with Crippen LogP contribution in [0.4, 0.5) is 0 Å². The molecule has 21 heavy (non-hydrogen) atoms. The summed E-state index contributed by atoms with van der Waals surface area (Å²) in [5, 5.41) is 3.23. The second-order valence-electron chi connectivity index (χ2n) is 5.89. The Morgan fingerprint density at radius 1 is 1.48 bits per heavy atom. The van der Waals surface area contributed by atoms with Gasteiger partial charge in [-0.25, -0.2) is 0 Å². The molecule has 0 aromatic heterocycles. The van der Waals surface area contributed by atoms with Crippen molar-refractivity contribution in [1.29, 1.82) is 0 Å². The fraction of sp³-hybridized carbons (Fsp3) is 0.474. The monoisotopic (exact) mass is 284 g/mol. The quantitative estimate of drug-likeness (QED) is 0.701. The molecule has 2 rings (SSSR count). The van der Waals surface area contributed by atoms with Gasteiger partial charge >= 0.3 is 0 Å². The van der Waals surface area contributed by atoms with Crippen LogP contribution in [0, 0.1) is 0 Å². The average Bonchev–Trinajstić information content (AvgIpc) is 2.83. The highest BCUT2D eigenvalue weighted by molar-refractivity contribution is 5.49. The molecule has 1 unspecified atom stereocenters. The molecule has 0 saturated carbocycles. The molecule has 1 aliphatic carbocycles. The number of allylic oxidation sites excluding steroid dienone is 3. The van der Waals surface area contributed by atoms with Gasteiger partial charge < -0.3 is 10.2 Å². The molecular weight excluding hydrogens is 256 g/mol. The normalized spacial score (nSPS) is 19.2. The first-order chi connectivity index (χ1) is 10.1. The van der Waals surface area contributed by atoms with Crippen molar-refractivity contribution in [1.82, 2.24) is 10.2 Å². The lowest BCUT2D eigenvalue weighted by Crippen LogP contribution is -2.37. The van der Waals surface area contributed by atoms with Crippen molar-refractivity contribution in [2.45, 2.75) is 45.1 Å². The number of rotatable bonds is 7. The molecule has 0 amide bonds. The van der Waals surface area contributed by atoms with Gasteiger partial charge in [0.1, 0.15) is 0 Å². The highest BCUT2D eigenvalue weighted by Gasteiger charge is 2.31. The van der Waals surface area contributed by atoms with Crippen LogP contribution in [0.5, 0.6) is 0 Å². The van der Waals surface area contributed by atoms with Crippen LogP contribution >= 0.6 is 0 Å². The summed E-state index contributed by atoms with van der Waals surface area (Å²) in [6.07, 6.45) is 9.90. The molecule has 0 radical (unpaired) electrons. The molecule has 0 aromatic rings. The minimum atomic E-state index is 0.296. The van der Waals surface area contributed by atoms with Crippen molar-refractivity contribution in [3.8, 4) is 0 Å². The maximum Gasteiger partial charge on any atom is 0.0688 e. The second kappa shape index (κ2) is 6.84. The van der Waals surface area contributed by atoms with Crippen molar-refractivity contribution < 1.29 is 0 Å². The third-order valence-electron chi connectivity index (χ3n) is 4.70. The summed E-state index contributed by atoms with van der Waals surface area (Å²) in [5.74, 6) is 0. The molecular formula is C19H28N2. The average molecular weight is 284 g/mol. The van der Waals surface area contributed by atoms with E-state index >= 15 is 0 Å². The van der Waals surface area contributed by atoms with Crippen LogP contribution in [-0.4, -0.2) is 24.5 Å². The topological polar surface area (TPSA) is 15.3 Å². The number of likely N-dealkylation sites (N-methyl/N-ethyl adjacent to an activating group) is 1. The van der Waals surface area contributed by atoms with Crippen LogP contribution in [0.2, 0.25) is 0 Å². The van der Waals surface area contributed by atoms with Crippen molar-refractivity contribution >= 4 is 0 Å². The highest BCUT2D eigenvalue weighted by Crippen LogP contribution is 2.39. The standard InChI is InChI=1S/C19H28N2/c1-6-8-9-19(14(3)20-5)21-13-17-12-16(7-2)10-11-18(17)15(21)4/h6,12,19-20H,1,3-4,7-11,13H2,2,5H3. The number of nitrogens with zero attached hydrogens (tertiary/aromatic N) is 1. The van der Waals surface area contributed by atoms with E-state index in [1.54, 1.807) is 5.57 Å². The van der Waals surface area contributed by atoms with E-state index in [4.69, 9.17) is 0 Å². The first-order valence-electron chi connectivity index (χ1n) is 7.97. The smallest absolute Gasteiger partial charge is 0.0688 e. The Bertz CT molecular complexity index is 508. The molecule has 114 valence electrons. The first-order valence-corrected chi connectivity index (χ1v) is 7.97. The predicted molar refractivity (Wildman–Crippen MR) is 91.9 cm³/mol. The fourth-order valence-corrected chi connectivity index (χ4v) is 3.31. The molecule has 1 aliphatic heterocycles. The van der Waals surface area contributed by atoms with Crippen LogP contribution in [-0.2, 0) is 0 Å². The third kappa shape index (κ3) is 3.15. The van der Waals surface area contributed by atoms with Crippen LogP contribution < -0.4 is 5.32 Å². The van der Waals surface area contributed by atoms with Crippen molar-refractivity contribution in [2.75, 3.05) is 13.6 Å². The van der Waals surface area contributed by atoms with Gasteiger partial charge in [0.25, 0.3) is 0 Å². The van der Waals surface area contributed by atoms with Gasteiger partial charge in [-0.3, -0.25) is 0 Å². The Morgan fingerprint density at radius 3 is 2.86 bits per heavy atom. The van der Waals surface area contributed by atoms with Crippen LogP contribution in [0.3, 0.4) is 0 Å². The molecule has 1 atom stereocenters. The second-order valence-corrected chi connectivity index (χ2v) is 5.89. The van der Waals surface area contributed by atoms with E-state index in [1.807, 2.05) is 13.1 Å². The van der Waals surface area contributed by atoms with E-state index in [0.29, 0.717) is 6.04 Å². The summed E-state index contributed by atoms with van der Waals surface area (Å²) < 4.78 is 0. The Labute approximate surface area is 129 Å². The molecule has 0 spiro atoms. The van der Waals surface area contributed by atoms with Crippen LogP contribution in [0.15, 0.2) is 60.0 Å². The maximum absolute atomic E-state index is 4.36. The maximum atomic E-state index is 4.36. The zero-order chi connectivity index (χ0) is 15.4. The van der Waals surface area contributed by atoms with Gasteiger partial charge in [0.15, 0.2) is 0 Å². The van der Waals surface area contributed by atoms with Crippen LogP contribution in [0.1, 0.15) is 39.0 Å². The van der Waals surface area contributed by atoms with E-state index < -0.39 is 0 Å².